The van der Waals surface area contributed by atoms with Crippen LogP contribution in [-0.4, -0.2) is 29.5 Å². The molecular formula is C11H14N4O3. The van der Waals surface area contributed by atoms with Gasteiger partial charge in [-0.1, -0.05) is 30.3 Å². The fourth-order valence-corrected chi connectivity index (χ4v) is 1.82. The average Bonchev–Trinajstić information content (AvgIpc) is 2.86. The fourth-order valence-electron chi connectivity index (χ4n) is 1.82. The van der Waals surface area contributed by atoms with Crippen LogP contribution in [0.25, 0.3) is 0 Å². The second kappa shape index (κ2) is 5.56. The lowest BCUT2D eigenvalue weighted by molar-refractivity contribution is -0.517. The zero-order valence-electron chi connectivity index (χ0n) is 9.63. The monoisotopic (exact) mass is 250 g/mol. The maximum Gasteiger partial charge on any atom is 0.252 e. The predicted octanol–water partition coefficient (Wildman–Crippen LogP) is -0.575. The van der Waals surface area contributed by atoms with E-state index in [-0.39, 0.29) is 12.5 Å². The van der Waals surface area contributed by atoms with Crippen molar-refractivity contribution in [2.45, 2.75) is 18.6 Å². The van der Waals surface area contributed by atoms with Gasteiger partial charge in [-0.05, 0) is 5.56 Å². The van der Waals surface area contributed by atoms with Crippen molar-refractivity contribution in [1.82, 2.24) is 16.2 Å². The lowest BCUT2D eigenvalue weighted by Crippen LogP contribution is -2.49. The minimum atomic E-state index is -0.930. The van der Waals surface area contributed by atoms with Gasteiger partial charge in [0, 0.05) is 11.5 Å². The summed E-state index contributed by atoms with van der Waals surface area (Å²) in [6, 6.07) is 7.63. The van der Waals surface area contributed by atoms with E-state index in [1.165, 1.54) is 0 Å². The first-order valence-corrected chi connectivity index (χ1v) is 5.62. The molecule has 1 amide bonds. The molecule has 2 unspecified atom stereocenters. The fraction of sp³-hybridized carbons (Fsp3) is 0.364. The molecule has 0 aliphatic carbocycles. The normalized spacial score (nSPS) is 22.7. The molecule has 0 bridgehead atoms. The molecule has 1 aromatic carbocycles. The zero-order chi connectivity index (χ0) is 13.0. The summed E-state index contributed by atoms with van der Waals surface area (Å²) < 4.78 is 0. The molecule has 1 saturated heterocycles. The number of carbonyl (C=O) groups is 1. The first-order valence-electron chi connectivity index (χ1n) is 5.62. The van der Waals surface area contributed by atoms with Crippen molar-refractivity contribution in [3.05, 3.63) is 46.0 Å². The molecule has 0 radical (unpaired) electrons. The number of amides is 1. The lowest BCUT2D eigenvalue weighted by atomic mass is 10.1. The molecule has 3 N–H and O–H groups in total. The van der Waals surface area contributed by atoms with Crippen LogP contribution in [0.3, 0.4) is 0 Å². The zero-order valence-corrected chi connectivity index (χ0v) is 9.63. The Kier molecular flexibility index (Phi) is 3.85. The van der Waals surface area contributed by atoms with Gasteiger partial charge in [-0.3, -0.25) is 14.9 Å². The van der Waals surface area contributed by atoms with Gasteiger partial charge < -0.3 is 5.32 Å². The quantitative estimate of drug-likeness (QED) is 0.491. The van der Waals surface area contributed by atoms with Gasteiger partial charge in [0.15, 0.2) is 6.04 Å². The molecule has 2 atom stereocenters. The van der Waals surface area contributed by atoms with Crippen LogP contribution < -0.4 is 16.2 Å². The van der Waals surface area contributed by atoms with E-state index in [1.807, 2.05) is 30.3 Å². The molecule has 2 rings (SSSR count). The Bertz CT molecular complexity index is 437. The highest BCUT2D eigenvalue weighted by atomic mass is 16.6. The highest BCUT2D eigenvalue weighted by Gasteiger charge is 2.41. The summed E-state index contributed by atoms with van der Waals surface area (Å²) >= 11 is 0. The maximum atomic E-state index is 11.8. The SMILES string of the molecule is O=C(NCc1ccccc1)C1NNCC1[N+](=O)[O-]. The summed E-state index contributed by atoms with van der Waals surface area (Å²) in [6.07, 6.45) is 0. The first-order chi connectivity index (χ1) is 8.68. The van der Waals surface area contributed by atoms with Crippen molar-refractivity contribution in [1.29, 1.82) is 0 Å². The summed E-state index contributed by atoms with van der Waals surface area (Å²) in [4.78, 5) is 22.1. The van der Waals surface area contributed by atoms with Crippen molar-refractivity contribution in [3.8, 4) is 0 Å². The number of hydrogen-bond donors (Lipinski definition) is 3. The van der Waals surface area contributed by atoms with E-state index >= 15 is 0 Å². The predicted molar refractivity (Wildman–Crippen MR) is 64.0 cm³/mol. The number of nitro groups is 1. The average molecular weight is 250 g/mol. The Morgan fingerprint density at radius 1 is 1.44 bits per heavy atom. The molecule has 1 aliphatic rings. The number of hydrogen-bond acceptors (Lipinski definition) is 5. The second-order valence-corrected chi connectivity index (χ2v) is 4.06. The number of nitrogens with zero attached hydrogens (tertiary/aromatic N) is 1. The van der Waals surface area contributed by atoms with Gasteiger partial charge in [-0.2, -0.15) is 0 Å². The van der Waals surface area contributed by atoms with E-state index in [0.717, 1.165) is 5.56 Å². The highest BCUT2D eigenvalue weighted by Crippen LogP contribution is 2.04. The van der Waals surface area contributed by atoms with E-state index in [2.05, 4.69) is 16.2 Å². The summed E-state index contributed by atoms with van der Waals surface area (Å²) in [6.45, 7) is 0.513. The van der Waals surface area contributed by atoms with Gasteiger partial charge in [0.05, 0.1) is 6.54 Å². The van der Waals surface area contributed by atoms with E-state index in [0.29, 0.717) is 6.54 Å². The third kappa shape index (κ3) is 2.82. The van der Waals surface area contributed by atoms with Gasteiger partial charge in [0.2, 0.25) is 5.91 Å². The standard InChI is InChI=1S/C11H14N4O3/c16-11(10-9(15(17)18)7-13-14-10)12-6-8-4-2-1-3-5-8/h1-5,9-10,13-14H,6-7H2,(H,12,16). The van der Waals surface area contributed by atoms with Crippen LogP contribution in [0.2, 0.25) is 0 Å². The molecular weight excluding hydrogens is 236 g/mol. The smallest absolute Gasteiger partial charge is 0.252 e. The minimum Gasteiger partial charge on any atom is -0.350 e. The number of hydrazine groups is 1. The van der Waals surface area contributed by atoms with Crippen LogP contribution in [0.5, 0.6) is 0 Å². The maximum absolute atomic E-state index is 11.8. The van der Waals surface area contributed by atoms with Crippen LogP contribution in [0.15, 0.2) is 30.3 Å². The van der Waals surface area contributed by atoms with Crippen LogP contribution >= 0.6 is 0 Å². The lowest BCUT2D eigenvalue weighted by Gasteiger charge is -2.12. The number of nitrogens with one attached hydrogen (secondary N) is 3. The molecule has 18 heavy (non-hydrogen) atoms. The van der Waals surface area contributed by atoms with E-state index in [9.17, 15) is 14.9 Å². The molecule has 7 heteroatoms. The largest absolute Gasteiger partial charge is 0.350 e. The van der Waals surface area contributed by atoms with Crippen molar-refractivity contribution in [2.24, 2.45) is 0 Å². The molecule has 0 aromatic heterocycles. The topological polar surface area (TPSA) is 96.3 Å². The third-order valence-electron chi connectivity index (χ3n) is 2.82. The molecule has 7 nitrogen and oxygen atoms in total. The second-order valence-electron chi connectivity index (χ2n) is 4.06. The Morgan fingerprint density at radius 3 is 2.83 bits per heavy atom. The van der Waals surface area contributed by atoms with Gasteiger partial charge >= 0.3 is 0 Å². The Hall–Kier alpha value is -1.99. The van der Waals surface area contributed by atoms with E-state index in [4.69, 9.17) is 0 Å². The van der Waals surface area contributed by atoms with Gasteiger partial charge in [-0.25, -0.2) is 10.9 Å². The Balaban J connectivity index is 1.90. The van der Waals surface area contributed by atoms with Gasteiger partial charge in [0.1, 0.15) is 0 Å². The van der Waals surface area contributed by atoms with Crippen LogP contribution in [0.4, 0.5) is 0 Å². The number of carbonyl (C=O) groups excluding carboxylic acids is 1. The Morgan fingerprint density at radius 2 is 2.17 bits per heavy atom. The number of rotatable bonds is 4. The van der Waals surface area contributed by atoms with Crippen LogP contribution in [0.1, 0.15) is 5.56 Å². The van der Waals surface area contributed by atoms with Crippen molar-refractivity contribution < 1.29 is 9.72 Å². The number of benzene rings is 1. The van der Waals surface area contributed by atoms with Crippen molar-refractivity contribution >= 4 is 5.91 Å². The molecule has 1 heterocycles. The summed E-state index contributed by atoms with van der Waals surface area (Å²) in [5.74, 6) is -0.370. The first kappa shape index (κ1) is 12.5. The molecule has 1 aromatic rings. The van der Waals surface area contributed by atoms with Gasteiger partial charge in [-0.15, -0.1) is 0 Å². The molecule has 1 aliphatic heterocycles. The molecule has 96 valence electrons. The Labute approximate surface area is 104 Å². The van der Waals surface area contributed by atoms with Crippen molar-refractivity contribution in [3.63, 3.8) is 0 Å². The summed E-state index contributed by atoms with van der Waals surface area (Å²) in [5.41, 5.74) is 6.20. The molecule has 0 saturated carbocycles. The summed E-state index contributed by atoms with van der Waals surface area (Å²) in [5, 5.41) is 13.4. The third-order valence-corrected chi connectivity index (χ3v) is 2.82. The van der Waals surface area contributed by atoms with E-state index in [1.54, 1.807) is 0 Å². The van der Waals surface area contributed by atoms with Crippen LogP contribution in [-0.2, 0) is 11.3 Å². The van der Waals surface area contributed by atoms with Gasteiger partial charge in [0.25, 0.3) is 6.04 Å². The minimum absolute atomic E-state index is 0.149. The van der Waals surface area contributed by atoms with E-state index < -0.39 is 17.0 Å². The van der Waals surface area contributed by atoms with Crippen LogP contribution in [0, 0.1) is 10.1 Å². The van der Waals surface area contributed by atoms with Crippen molar-refractivity contribution in [2.75, 3.05) is 6.54 Å². The summed E-state index contributed by atoms with van der Waals surface area (Å²) in [7, 11) is 0. The molecule has 0 spiro atoms. The molecule has 1 fully saturated rings. The highest BCUT2D eigenvalue weighted by molar-refractivity contribution is 5.82.